The maximum Gasteiger partial charge on any atom is 0.304 e. The molecule has 5 heteroatoms. The third kappa shape index (κ3) is 6.04. The van der Waals surface area contributed by atoms with Gasteiger partial charge in [-0.05, 0) is 11.1 Å². The molecule has 1 aliphatic rings. The number of carbonyl (C=O) groups excluding carboxylic acids is 2. The van der Waals surface area contributed by atoms with Gasteiger partial charge in [0.05, 0.1) is 6.54 Å². The van der Waals surface area contributed by atoms with Crippen LogP contribution < -0.4 is 5.32 Å². The maximum absolute atomic E-state index is 11.1. The van der Waals surface area contributed by atoms with Gasteiger partial charge in [0.15, 0.2) is 6.23 Å². The van der Waals surface area contributed by atoms with E-state index in [0.29, 0.717) is 13.1 Å². The SMILES string of the molecule is CC(=O)OC1CNCCN1C(C)=O.c1ccc(-c2ccccc2)cc1. The fourth-order valence-corrected chi connectivity index (χ4v) is 2.60. The predicted octanol–water partition coefficient (Wildman–Crippen LogP) is 2.68. The summed E-state index contributed by atoms with van der Waals surface area (Å²) in [5.41, 5.74) is 2.55. The molecule has 1 N–H and O–H groups in total. The van der Waals surface area contributed by atoms with E-state index in [2.05, 4.69) is 53.8 Å². The first-order valence-corrected chi connectivity index (χ1v) is 8.33. The molecule has 0 aromatic heterocycles. The molecule has 25 heavy (non-hydrogen) atoms. The van der Waals surface area contributed by atoms with E-state index < -0.39 is 6.23 Å². The molecule has 1 amide bonds. The summed E-state index contributed by atoms with van der Waals surface area (Å²) in [7, 11) is 0. The topological polar surface area (TPSA) is 58.6 Å². The number of carbonyl (C=O) groups is 2. The highest BCUT2D eigenvalue weighted by Gasteiger charge is 2.26. The van der Waals surface area contributed by atoms with Crippen molar-refractivity contribution < 1.29 is 14.3 Å². The normalized spacial score (nSPS) is 16.4. The molecule has 1 aliphatic heterocycles. The number of ether oxygens (including phenoxy) is 1. The zero-order chi connectivity index (χ0) is 18.1. The van der Waals surface area contributed by atoms with Gasteiger partial charge in [0.1, 0.15) is 0 Å². The molecule has 132 valence electrons. The van der Waals surface area contributed by atoms with Crippen LogP contribution in [0, 0.1) is 0 Å². The Morgan fingerprint density at radius 2 is 1.48 bits per heavy atom. The first-order valence-electron chi connectivity index (χ1n) is 8.33. The molecule has 0 spiro atoms. The highest BCUT2D eigenvalue weighted by Crippen LogP contribution is 2.17. The van der Waals surface area contributed by atoms with E-state index in [1.165, 1.54) is 25.0 Å². The quantitative estimate of drug-likeness (QED) is 0.854. The number of esters is 1. The van der Waals surface area contributed by atoms with E-state index in [1.807, 2.05) is 12.1 Å². The summed E-state index contributed by atoms with van der Waals surface area (Å²) < 4.78 is 4.97. The number of piperazine rings is 1. The lowest BCUT2D eigenvalue weighted by Gasteiger charge is -2.34. The minimum absolute atomic E-state index is 0.0623. The Morgan fingerprint density at radius 3 is 1.92 bits per heavy atom. The van der Waals surface area contributed by atoms with Crippen LogP contribution in [0.2, 0.25) is 0 Å². The van der Waals surface area contributed by atoms with E-state index >= 15 is 0 Å². The second-order valence-electron chi connectivity index (χ2n) is 5.71. The number of nitrogens with zero attached hydrogens (tertiary/aromatic N) is 1. The molecule has 0 radical (unpaired) electrons. The van der Waals surface area contributed by atoms with Gasteiger partial charge in [-0.1, -0.05) is 60.7 Å². The molecule has 1 fully saturated rings. The number of nitrogens with one attached hydrogen (secondary N) is 1. The molecule has 2 aromatic carbocycles. The standard InChI is InChI=1S/C12H10.C8H14N2O3/c1-3-7-11(8-4-1)12-9-5-2-6-10-12;1-6(11)10-4-3-9-5-8(10)13-7(2)12/h1-10H;8-9H,3-5H2,1-2H3. The largest absolute Gasteiger partial charge is 0.440 e. The third-order valence-corrected chi connectivity index (χ3v) is 3.78. The molecule has 1 unspecified atom stereocenters. The predicted molar refractivity (Wildman–Crippen MR) is 97.7 cm³/mol. The molecule has 5 nitrogen and oxygen atoms in total. The summed E-state index contributed by atoms with van der Waals surface area (Å²) in [4.78, 5) is 23.3. The average molecular weight is 340 g/mol. The Morgan fingerprint density at radius 1 is 0.960 bits per heavy atom. The van der Waals surface area contributed by atoms with Gasteiger partial charge in [-0.15, -0.1) is 0 Å². The molecule has 0 saturated carbocycles. The van der Waals surface area contributed by atoms with Gasteiger partial charge in [0.2, 0.25) is 5.91 Å². The summed E-state index contributed by atoms with van der Waals surface area (Å²) in [5, 5.41) is 3.05. The van der Waals surface area contributed by atoms with Crippen molar-refractivity contribution in [1.29, 1.82) is 0 Å². The van der Waals surface area contributed by atoms with Gasteiger partial charge in [-0.25, -0.2) is 0 Å². The fraction of sp³-hybridized carbons (Fsp3) is 0.300. The second-order valence-corrected chi connectivity index (χ2v) is 5.71. The minimum atomic E-state index is -0.441. The van der Waals surface area contributed by atoms with Crippen LogP contribution >= 0.6 is 0 Å². The average Bonchev–Trinajstić information content (AvgIpc) is 2.63. The van der Waals surface area contributed by atoms with Crippen LogP contribution in [0.15, 0.2) is 60.7 Å². The molecule has 0 bridgehead atoms. The molecule has 1 saturated heterocycles. The number of amides is 1. The van der Waals surface area contributed by atoms with Crippen LogP contribution in [0.5, 0.6) is 0 Å². The second kappa shape index (κ2) is 9.59. The lowest BCUT2D eigenvalue weighted by Crippen LogP contribution is -2.54. The molecule has 3 rings (SSSR count). The minimum Gasteiger partial charge on any atom is -0.440 e. The summed E-state index contributed by atoms with van der Waals surface area (Å²) in [5.74, 6) is -0.423. The van der Waals surface area contributed by atoms with Crippen LogP contribution in [-0.4, -0.2) is 42.6 Å². The summed E-state index contributed by atoms with van der Waals surface area (Å²) in [6, 6.07) is 20.8. The Kier molecular flexibility index (Phi) is 7.16. The highest BCUT2D eigenvalue weighted by molar-refractivity contribution is 5.74. The Labute approximate surface area is 148 Å². The lowest BCUT2D eigenvalue weighted by atomic mass is 10.1. The van der Waals surface area contributed by atoms with Crippen LogP contribution in [0.25, 0.3) is 11.1 Å². The first-order chi connectivity index (χ1) is 12.1. The monoisotopic (exact) mass is 340 g/mol. The first kappa shape index (κ1) is 18.7. The summed E-state index contributed by atoms with van der Waals surface area (Å²) in [6.07, 6.45) is -0.441. The molecular formula is C20H24N2O3. The zero-order valence-corrected chi connectivity index (χ0v) is 14.6. The molecule has 1 atom stereocenters. The van der Waals surface area contributed by atoms with Gasteiger partial charge < -0.3 is 15.0 Å². The number of hydrogen-bond donors (Lipinski definition) is 1. The van der Waals surface area contributed by atoms with Crippen molar-refractivity contribution in [3.8, 4) is 11.1 Å². The summed E-state index contributed by atoms with van der Waals surface area (Å²) >= 11 is 0. The van der Waals surface area contributed by atoms with Gasteiger partial charge in [-0.2, -0.15) is 0 Å². The van der Waals surface area contributed by atoms with Crippen molar-refractivity contribution in [2.75, 3.05) is 19.6 Å². The van der Waals surface area contributed by atoms with Crippen molar-refractivity contribution in [2.24, 2.45) is 0 Å². The maximum atomic E-state index is 11.1. The third-order valence-electron chi connectivity index (χ3n) is 3.78. The van der Waals surface area contributed by atoms with Gasteiger partial charge in [-0.3, -0.25) is 9.59 Å². The van der Waals surface area contributed by atoms with E-state index in [9.17, 15) is 9.59 Å². The van der Waals surface area contributed by atoms with E-state index in [4.69, 9.17) is 4.74 Å². The van der Waals surface area contributed by atoms with Crippen LogP contribution in [0.1, 0.15) is 13.8 Å². The van der Waals surface area contributed by atoms with E-state index in [1.54, 1.807) is 4.90 Å². The molecule has 1 heterocycles. The van der Waals surface area contributed by atoms with Gasteiger partial charge in [0.25, 0.3) is 0 Å². The van der Waals surface area contributed by atoms with Gasteiger partial charge >= 0.3 is 5.97 Å². The van der Waals surface area contributed by atoms with Crippen molar-refractivity contribution in [1.82, 2.24) is 10.2 Å². The van der Waals surface area contributed by atoms with Crippen molar-refractivity contribution >= 4 is 11.9 Å². The number of benzene rings is 2. The molecule has 2 aromatic rings. The Balaban J connectivity index is 0.000000181. The zero-order valence-electron chi connectivity index (χ0n) is 14.6. The van der Waals surface area contributed by atoms with Gasteiger partial charge in [0, 0.05) is 26.9 Å². The molecular weight excluding hydrogens is 316 g/mol. The molecule has 0 aliphatic carbocycles. The van der Waals surface area contributed by atoms with Crippen molar-refractivity contribution in [3.63, 3.8) is 0 Å². The number of hydrogen-bond acceptors (Lipinski definition) is 4. The van der Waals surface area contributed by atoms with Crippen molar-refractivity contribution in [3.05, 3.63) is 60.7 Å². The van der Waals surface area contributed by atoms with E-state index in [0.717, 1.165) is 6.54 Å². The van der Waals surface area contributed by atoms with Crippen LogP contribution in [0.4, 0.5) is 0 Å². The fourth-order valence-electron chi connectivity index (χ4n) is 2.60. The van der Waals surface area contributed by atoms with Crippen molar-refractivity contribution in [2.45, 2.75) is 20.1 Å². The lowest BCUT2D eigenvalue weighted by molar-refractivity contribution is -0.163. The number of rotatable bonds is 2. The summed E-state index contributed by atoms with van der Waals surface area (Å²) in [6.45, 7) is 4.67. The van der Waals surface area contributed by atoms with Crippen LogP contribution in [-0.2, 0) is 14.3 Å². The highest BCUT2D eigenvalue weighted by atomic mass is 16.6. The Hall–Kier alpha value is -2.66. The van der Waals surface area contributed by atoms with Crippen LogP contribution in [0.3, 0.4) is 0 Å². The van der Waals surface area contributed by atoms with E-state index in [-0.39, 0.29) is 11.9 Å². The Bertz CT molecular complexity index is 636. The smallest absolute Gasteiger partial charge is 0.304 e.